The van der Waals surface area contributed by atoms with Crippen molar-refractivity contribution < 1.29 is 14.7 Å². The molecule has 0 unspecified atom stereocenters. The van der Waals surface area contributed by atoms with E-state index in [4.69, 9.17) is 5.11 Å². The maximum absolute atomic E-state index is 10.3. The zero-order valence-corrected chi connectivity index (χ0v) is 5.39. The van der Waals surface area contributed by atoms with Crippen LogP contribution in [0.2, 0.25) is 0 Å². The monoisotopic (exact) mass is 139 g/mol. The number of aliphatic carboxylic acids is 1. The van der Waals surface area contributed by atoms with E-state index in [1.807, 2.05) is 0 Å². The van der Waals surface area contributed by atoms with E-state index in [9.17, 15) is 9.59 Å². The number of carboxylic acid groups (broad SMARTS) is 1. The first-order valence-corrected chi connectivity index (χ1v) is 3.09. The maximum Gasteiger partial charge on any atom is 0.331 e. The lowest BCUT2D eigenvalue weighted by Crippen LogP contribution is -1.99. The van der Waals surface area contributed by atoms with Gasteiger partial charge in [0.2, 0.25) is 6.29 Å². The highest BCUT2D eigenvalue weighted by Crippen LogP contribution is 2.23. The number of hydrogen-bond acceptors (Lipinski definition) is 2. The molecule has 1 N–H and O–H groups in total. The van der Waals surface area contributed by atoms with Crippen molar-refractivity contribution in [1.29, 1.82) is 0 Å². The lowest BCUT2D eigenvalue weighted by molar-refractivity contribution is -0.132. The summed E-state index contributed by atoms with van der Waals surface area (Å²) in [4.78, 5) is 20.4. The summed E-state index contributed by atoms with van der Waals surface area (Å²) in [5, 5.41) is 8.48. The standard InChI is InChI=1S/C7H7O3/c8-4-5-2-1-3-6(5)7(9)10/h1-3H2,(H,9,10). The van der Waals surface area contributed by atoms with E-state index in [1.54, 1.807) is 6.29 Å². The molecule has 1 rings (SSSR count). The number of rotatable bonds is 2. The Hall–Kier alpha value is -1.12. The molecule has 1 aliphatic rings. The van der Waals surface area contributed by atoms with Gasteiger partial charge in [-0.05, 0) is 19.3 Å². The minimum absolute atomic E-state index is 0.245. The number of hydrogen-bond donors (Lipinski definition) is 1. The van der Waals surface area contributed by atoms with Crippen LogP contribution >= 0.6 is 0 Å². The maximum atomic E-state index is 10.3. The normalized spacial score (nSPS) is 17.6. The van der Waals surface area contributed by atoms with Crippen LogP contribution in [0.1, 0.15) is 19.3 Å². The topological polar surface area (TPSA) is 54.4 Å². The Labute approximate surface area is 58.4 Å². The van der Waals surface area contributed by atoms with Crippen molar-refractivity contribution in [2.45, 2.75) is 19.3 Å². The molecule has 10 heavy (non-hydrogen) atoms. The molecule has 0 spiro atoms. The quantitative estimate of drug-likeness (QED) is 0.611. The summed E-state index contributed by atoms with van der Waals surface area (Å²) in [5.74, 6) is -0.976. The third-order valence-corrected chi connectivity index (χ3v) is 1.60. The van der Waals surface area contributed by atoms with Gasteiger partial charge in [-0.1, -0.05) is 0 Å². The smallest absolute Gasteiger partial charge is 0.331 e. The van der Waals surface area contributed by atoms with Gasteiger partial charge in [-0.2, -0.15) is 0 Å². The van der Waals surface area contributed by atoms with Crippen molar-refractivity contribution >= 4 is 12.3 Å². The fourth-order valence-corrected chi connectivity index (χ4v) is 1.09. The molecule has 0 aromatic rings. The van der Waals surface area contributed by atoms with Gasteiger partial charge in [0.1, 0.15) is 0 Å². The van der Waals surface area contributed by atoms with Gasteiger partial charge in [-0.15, -0.1) is 0 Å². The van der Waals surface area contributed by atoms with Crippen LogP contribution < -0.4 is 0 Å². The molecule has 1 aliphatic carbocycles. The zero-order valence-electron chi connectivity index (χ0n) is 5.39. The first kappa shape index (κ1) is 6.99. The molecule has 0 amide bonds. The summed E-state index contributed by atoms with van der Waals surface area (Å²) in [7, 11) is 0. The fourth-order valence-electron chi connectivity index (χ4n) is 1.09. The Bertz CT molecular complexity index is 203. The van der Waals surface area contributed by atoms with Crippen molar-refractivity contribution in [2.75, 3.05) is 0 Å². The lowest BCUT2D eigenvalue weighted by atomic mass is 10.2. The number of allylic oxidation sites excluding steroid dienone is 1. The highest BCUT2D eigenvalue weighted by Gasteiger charge is 2.19. The van der Waals surface area contributed by atoms with Gasteiger partial charge in [0.05, 0.1) is 0 Å². The van der Waals surface area contributed by atoms with Crippen LogP contribution in [0.4, 0.5) is 0 Å². The molecule has 0 heterocycles. The van der Waals surface area contributed by atoms with E-state index in [-0.39, 0.29) is 5.57 Å². The fraction of sp³-hybridized carbons (Fsp3) is 0.429. The Balaban J connectivity index is 2.88. The highest BCUT2D eigenvalue weighted by molar-refractivity contribution is 5.95. The summed E-state index contributed by atoms with van der Waals surface area (Å²) >= 11 is 0. The molecular formula is C7H7O3. The van der Waals surface area contributed by atoms with E-state index in [0.717, 1.165) is 6.42 Å². The second-order valence-electron chi connectivity index (χ2n) is 2.22. The molecule has 3 nitrogen and oxygen atoms in total. The molecule has 0 saturated carbocycles. The molecule has 1 radical (unpaired) electrons. The molecule has 0 aromatic carbocycles. The molecule has 0 fully saturated rings. The van der Waals surface area contributed by atoms with E-state index in [1.165, 1.54) is 0 Å². The van der Waals surface area contributed by atoms with Crippen molar-refractivity contribution in [3.05, 3.63) is 11.1 Å². The molecule has 0 atom stereocenters. The van der Waals surface area contributed by atoms with Crippen LogP contribution in [0.3, 0.4) is 0 Å². The zero-order chi connectivity index (χ0) is 7.56. The van der Waals surface area contributed by atoms with Gasteiger partial charge in [0.15, 0.2) is 0 Å². The third-order valence-electron chi connectivity index (χ3n) is 1.60. The van der Waals surface area contributed by atoms with Crippen LogP contribution in [0.25, 0.3) is 0 Å². The van der Waals surface area contributed by atoms with Crippen LogP contribution in [0.5, 0.6) is 0 Å². The summed E-state index contributed by atoms with van der Waals surface area (Å²) in [6, 6.07) is 0. The predicted molar refractivity (Wildman–Crippen MR) is 34.2 cm³/mol. The number of carboxylic acids is 1. The summed E-state index contributed by atoms with van der Waals surface area (Å²) in [6.07, 6.45) is 3.50. The lowest BCUT2D eigenvalue weighted by Gasteiger charge is -1.90. The van der Waals surface area contributed by atoms with Crippen molar-refractivity contribution in [2.24, 2.45) is 0 Å². The van der Waals surface area contributed by atoms with E-state index < -0.39 is 5.97 Å². The predicted octanol–water partition coefficient (Wildman–Crippen LogP) is 0.661. The number of carbonyl (C=O) groups is 1. The Kier molecular flexibility index (Phi) is 1.85. The summed E-state index contributed by atoms with van der Waals surface area (Å²) in [6.45, 7) is 0. The van der Waals surface area contributed by atoms with Gasteiger partial charge >= 0.3 is 5.97 Å². The Morgan fingerprint density at radius 1 is 1.50 bits per heavy atom. The van der Waals surface area contributed by atoms with Crippen LogP contribution in [0.15, 0.2) is 11.1 Å². The number of carbonyl (C=O) groups excluding carboxylic acids is 1. The van der Waals surface area contributed by atoms with Crippen molar-refractivity contribution in [1.82, 2.24) is 0 Å². The first-order chi connectivity index (χ1) is 4.75. The average molecular weight is 139 g/mol. The Morgan fingerprint density at radius 2 is 2.20 bits per heavy atom. The van der Waals surface area contributed by atoms with Gasteiger partial charge in [0.25, 0.3) is 0 Å². The molecule has 0 aliphatic heterocycles. The molecule has 0 aromatic heterocycles. The van der Waals surface area contributed by atoms with Crippen LogP contribution in [-0.4, -0.2) is 17.4 Å². The minimum Gasteiger partial charge on any atom is -0.478 e. The molecule has 0 saturated heterocycles. The largest absolute Gasteiger partial charge is 0.478 e. The van der Waals surface area contributed by atoms with Crippen molar-refractivity contribution in [3.63, 3.8) is 0 Å². The average Bonchev–Trinajstić information content (AvgIpc) is 2.33. The van der Waals surface area contributed by atoms with Gasteiger partial charge in [-0.3, -0.25) is 4.79 Å². The molecule has 3 heteroatoms. The molecular weight excluding hydrogens is 132 g/mol. The molecule has 0 bridgehead atoms. The summed E-state index contributed by atoms with van der Waals surface area (Å²) < 4.78 is 0. The first-order valence-electron chi connectivity index (χ1n) is 3.09. The Morgan fingerprint density at radius 3 is 2.60 bits per heavy atom. The summed E-state index contributed by atoms with van der Waals surface area (Å²) in [5.41, 5.74) is 0.586. The highest BCUT2D eigenvalue weighted by atomic mass is 16.4. The van der Waals surface area contributed by atoms with Crippen molar-refractivity contribution in [3.8, 4) is 0 Å². The van der Waals surface area contributed by atoms with Gasteiger partial charge < -0.3 is 5.11 Å². The van der Waals surface area contributed by atoms with Crippen LogP contribution in [0, 0.1) is 0 Å². The van der Waals surface area contributed by atoms with Gasteiger partial charge in [0, 0.05) is 11.1 Å². The van der Waals surface area contributed by atoms with E-state index in [0.29, 0.717) is 18.4 Å². The van der Waals surface area contributed by atoms with E-state index >= 15 is 0 Å². The van der Waals surface area contributed by atoms with Gasteiger partial charge in [-0.25, -0.2) is 4.79 Å². The SMILES string of the molecule is O=[C]C1=C(C(=O)O)CCC1. The third kappa shape index (κ3) is 1.07. The molecule has 53 valence electrons. The second-order valence-corrected chi connectivity index (χ2v) is 2.22. The minimum atomic E-state index is -0.976. The van der Waals surface area contributed by atoms with E-state index in [2.05, 4.69) is 0 Å². The second kappa shape index (κ2) is 2.64. The van der Waals surface area contributed by atoms with Crippen LogP contribution in [-0.2, 0) is 9.59 Å².